The third-order valence-corrected chi connectivity index (χ3v) is 5.34. The largest absolute Gasteiger partial charge is 1.00 e. The molecule has 1 aliphatic rings. The molecule has 0 amide bonds. The minimum absolute atomic E-state index is 0. The first-order valence-electron chi connectivity index (χ1n) is 8.47. The summed E-state index contributed by atoms with van der Waals surface area (Å²) in [5.74, 6) is 0. The van der Waals surface area contributed by atoms with E-state index in [4.69, 9.17) is 4.74 Å². The maximum atomic E-state index is 10.8. The molecule has 30 heavy (non-hydrogen) atoms. The van der Waals surface area contributed by atoms with E-state index in [1.54, 1.807) is 0 Å². The van der Waals surface area contributed by atoms with Gasteiger partial charge in [0.05, 0.1) is 12.3 Å². The molecule has 0 radical (unpaired) electrons. The second kappa shape index (κ2) is 11.3. The number of hydrogen-bond donors (Lipinski definition) is 3. The van der Waals surface area contributed by atoms with Crippen LogP contribution in [0.1, 0.15) is 6.23 Å². The van der Waals surface area contributed by atoms with Crippen molar-refractivity contribution in [1.29, 1.82) is 0 Å². The number of aliphatic hydroxyl groups excluding tert-OH is 3. The Kier molecular flexibility index (Phi) is 10.6. The molecular weight excluding hydrogens is 437 g/mol. The molecule has 1 aliphatic heterocycles. The van der Waals surface area contributed by atoms with Crippen molar-refractivity contribution in [2.75, 3.05) is 25.2 Å². The molecule has 2 aromatic rings. The summed E-state index contributed by atoms with van der Waals surface area (Å²) in [6.07, 6.45) is -7.15. The van der Waals surface area contributed by atoms with Crippen LogP contribution in [0.4, 0.5) is 5.69 Å². The smallest absolute Gasteiger partial charge is 0.811 e. The number of aliphatic hydroxyl groups is 3. The number of benzene rings is 1. The van der Waals surface area contributed by atoms with Crippen LogP contribution in [0.25, 0.3) is 11.3 Å². The Morgan fingerprint density at radius 3 is 2.33 bits per heavy atom. The molecule has 2 heterocycles. The summed E-state index contributed by atoms with van der Waals surface area (Å²) in [6, 6.07) is 7.49. The van der Waals surface area contributed by atoms with Gasteiger partial charge in [0, 0.05) is 31.5 Å². The molecule has 0 saturated carbocycles. The molecule has 1 fully saturated rings. The van der Waals surface area contributed by atoms with Crippen molar-refractivity contribution in [3.05, 3.63) is 30.5 Å². The zero-order valence-corrected chi connectivity index (χ0v) is 22.1. The van der Waals surface area contributed by atoms with Crippen molar-refractivity contribution in [3.8, 4) is 11.3 Å². The molecule has 14 heteroatoms. The van der Waals surface area contributed by atoms with Gasteiger partial charge in [-0.2, -0.15) is 0 Å². The molecule has 1 aromatic carbocycles. The number of aromatic nitrogens is 3. The van der Waals surface area contributed by atoms with Gasteiger partial charge in [0.15, 0.2) is 6.23 Å². The average molecular weight is 458 g/mol. The Balaban J connectivity index is 0.00000225. The van der Waals surface area contributed by atoms with E-state index < -0.39 is 44.4 Å². The average Bonchev–Trinajstić information content (AvgIpc) is 3.20. The van der Waals surface area contributed by atoms with E-state index in [1.807, 2.05) is 43.3 Å². The summed E-state index contributed by atoms with van der Waals surface area (Å²) in [5.41, 5.74) is 2.25. The Morgan fingerprint density at radius 2 is 1.80 bits per heavy atom. The predicted octanol–water partition coefficient (Wildman–Crippen LogP) is -8.09. The van der Waals surface area contributed by atoms with Crippen LogP contribution in [0.5, 0.6) is 0 Å². The van der Waals surface area contributed by atoms with Gasteiger partial charge in [-0.3, -0.25) is 0 Å². The molecule has 3 N–H and O–H groups in total. The van der Waals surface area contributed by atoms with Crippen LogP contribution < -0.4 is 73.8 Å². The van der Waals surface area contributed by atoms with E-state index in [1.165, 1.54) is 10.9 Å². The molecule has 11 nitrogen and oxygen atoms in total. The van der Waals surface area contributed by atoms with Crippen molar-refractivity contribution >= 4 is 13.3 Å². The van der Waals surface area contributed by atoms with E-state index in [-0.39, 0.29) is 59.1 Å². The first kappa shape index (κ1) is 28.2. The third kappa shape index (κ3) is 6.58. The molecule has 1 saturated heterocycles. The molecule has 1 aromatic heterocycles. The first-order chi connectivity index (χ1) is 13.1. The summed E-state index contributed by atoms with van der Waals surface area (Å²) in [7, 11) is -1.19. The summed E-state index contributed by atoms with van der Waals surface area (Å²) in [5, 5.41) is 38.0. The summed E-state index contributed by atoms with van der Waals surface area (Å²) < 4.78 is 17.4. The van der Waals surface area contributed by atoms with E-state index in [2.05, 4.69) is 10.3 Å². The second-order valence-electron chi connectivity index (χ2n) is 6.86. The number of hydrogen-bond acceptors (Lipinski definition) is 10. The standard InChI is InChI=1S/C16H23N4O7P.2Na/c1-19(2)10-5-3-9(4-6-10)11-7-20(18-17-11)16-14(23)13(22)15(27-16)12(21)8-28(24,25)26;;/h3-7,12-16,21-23H,8H2,1-2H3,(H2,24,25,26);;/q;2*+1/p-2/t12-,13+,14-,15-,16-;;/m1../s1. The molecule has 0 unspecified atom stereocenters. The van der Waals surface area contributed by atoms with Gasteiger partial charge in [0.25, 0.3) is 0 Å². The van der Waals surface area contributed by atoms with Crippen LogP contribution >= 0.6 is 7.60 Å². The molecule has 3 rings (SSSR count). The normalized spacial score (nSPS) is 24.6. The number of rotatable bonds is 6. The molecule has 0 bridgehead atoms. The van der Waals surface area contributed by atoms with Crippen LogP contribution in [0, 0.1) is 0 Å². The Labute approximate surface area is 217 Å². The van der Waals surface area contributed by atoms with Crippen molar-refractivity contribution in [2.24, 2.45) is 0 Å². The zero-order valence-electron chi connectivity index (χ0n) is 17.2. The van der Waals surface area contributed by atoms with E-state index >= 15 is 0 Å². The second-order valence-corrected chi connectivity index (χ2v) is 8.45. The van der Waals surface area contributed by atoms with Gasteiger partial charge in [-0.15, -0.1) is 5.10 Å². The van der Waals surface area contributed by atoms with Gasteiger partial charge >= 0.3 is 59.1 Å². The van der Waals surface area contributed by atoms with Gasteiger partial charge < -0.3 is 39.3 Å². The molecule has 0 spiro atoms. The minimum Gasteiger partial charge on any atom is -0.811 e. The maximum absolute atomic E-state index is 10.8. The van der Waals surface area contributed by atoms with Gasteiger partial charge in [-0.05, 0) is 12.1 Å². The Bertz CT molecular complexity index is 864. The van der Waals surface area contributed by atoms with Gasteiger partial charge in [0.2, 0.25) is 0 Å². The fourth-order valence-corrected chi connectivity index (χ4v) is 3.68. The van der Waals surface area contributed by atoms with Gasteiger partial charge in [-0.25, -0.2) is 4.68 Å². The number of nitrogens with zero attached hydrogens (tertiary/aromatic N) is 4. The van der Waals surface area contributed by atoms with Crippen LogP contribution in [0.3, 0.4) is 0 Å². The van der Waals surface area contributed by atoms with Crippen molar-refractivity contribution < 1.29 is 93.5 Å². The fraction of sp³-hybridized carbons (Fsp3) is 0.500. The Hall–Kier alpha value is 0.150. The van der Waals surface area contributed by atoms with E-state index in [9.17, 15) is 29.7 Å². The molecule has 154 valence electrons. The monoisotopic (exact) mass is 458 g/mol. The molecular formula is C16H21N4Na2O7P. The van der Waals surface area contributed by atoms with Gasteiger partial charge in [0.1, 0.15) is 24.0 Å². The van der Waals surface area contributed by atoms with E-state index in [0.717, 1.165) is 11.3 Å². The number of anilines is 1. The number of ether oxygens (including phenoxy) is 1. The molecule has 5 atom stereocenters. The third-order valence-electron chi connectivity index (χ3n) is 4.52. The topological polar surface area (TPSA) is 167 Å². The van der Waals surface area contributed by atoms with Crippen LogP contribution in [0.15, 0.2) is 30.5 Å². The van der Waals surface area contributed by atoms with Crippen molar-refractivity contribution in [1.82, 2.24) is 15.0 Å². The Morgan fingerprint density at radius 1 is 1.20 bits per heavy atom. The van der Waals surface area contributed by atoms with Crippen molar-refractivity contribution in [3.63, 3.8) is 0 Å². The van der Waals surface area contributed by atoms with Crippen LogP contribution in [-0.2, 0) is 9.30 Å². The van der Waals surface area contributed by atoms with E-state index in [0.29, 0.717) is 5.69 Å². The summed E-state index contributed by atoms with van der Waals surface area (Å²) in [4.78, 5) is 23.6. The fourth-order valence-electron chi connectivity index (χ4n) is 3.02. The quantitative estimate of drug-likeness (QED) is 0.279. The van der Waals surface area contributed by atoms with Gasteiger partial charge in [-0.1, -0.05) is 24.9 Å². The summed E-state index contributed by atoms with van der Waals surface area (Å²) in [6.45, 7) is 0. The van der Waals surface area contributed by atoms with Crippen LogP contribution in [0.2, 0.25) is 0 Å². The first-order valence-corrected chi connectivity index (χ1v) is 10.2. The SMILES string of the molecule is CN(C)c1ccc(-c2cn([C@@H]3O[C@H]([C@H](O)CP(=O)([O-])[O-])[C@@H](O)[C@H]3O)nn2)cc1.[Na+].[Na+]. The maximum Gasteiger partial charge on any atom is 1.00 e. The zero-order chi connectivity index (χ0) is 20.6. The minimum atomic E-state index is -5.02. The summed E-state index contributed by atoms with van der Waals surface area (Å²) >= 11 is 0. The molecule has 0 aliphatic carbocycles. The van der Waals surface area contributed by atoms with Crippen molar-refractivity contribution in [2.45, 2.75) is 30.6 Å². The van der Waals surface area contributed by atoms with Crippen LogP contribution in [-0.4, -0.2) is 75.0 Å². The predicted molar refractivity (Wildman–Crippen MR) is 94.2 cm³/mol.